The molecule has 5 rings (SSSR count). The number of aromatic nitrogens is 3. The van der Waals surface area contributed by atoms with Gasteiger partial charge in [0.05, 0.1) is 27.6 Å². The van der Waals surface area contributed by atoms with E-state index >= 15 is 0 Å². The van der Waals surface area contributed by atoms with Gasteiger partial charge in [-0.1, -0.05) is 23.7 Å². The molecule has 0 unspecified atom stereocenters. The van der Waals surface area contributed by atoms with Crippen LogP contribution in [0.25, 0.3) is 11.0 Å². The van der Waals surface area contributed by atoms with Gasteiger partial charge in [0.2, 0.25) is 5.91 Å². The van der Waals surface area contributed by atoms with Gasteiger partial charge in [0, 0.05) is 30.7 Å². The van der Waals surface area contributed by atoms with Crippen LogP contribution in [-0.4, -0.2) is 59.5 Å². The van der Waals surface area contributed by atoms with Gasteiger partial charge < -0.3 is 15.0 Å². The van der Waals surface area contributed by atoms with Crippen molar-refractivity contribution in [3.63, 3.8) is 0 Å². The van der Waals surface area contributed by atoms with Crippen LogP contribution in [0.3, 0.4) is 0 Å². The number of carbonyl (C=O) groups excluding carboxylic acids is 2. The number of fused-ring (bicyclic) bond motifs is 1. The number of hydrogen-bond acceptors (Lipinski definition) is 8. The average molecular weight is 555 g/mol. The van der Waals surface area contributed by atoms with E-state index in [2.05, 4.69) is 20.6 Å². The lowest BCUT2D eigenvalue weighted by molar-refractivity contribution is -0.116. The van der Waals surface area contributed by atoms with Crippen LogP contribution < -0.4 is 20.3 Å². The largest absolute Gasteiger partial charge is 0.419 e. The first-order valence-corrected chi connectivity index (χ1v) is 13.9. The standard InChI is InChI=1S/C25H23ClN6O5S/c26-17-5-10-22(27-15-17)30-23(33)16-32-21-4-2-1-3-20(21)29-24(32)37-25(34)28-18-6-8-19(9-7-18)31-11-13-38(35,36)14-12-31/h1-10,15H,11-14,16H2,(H,28,34)(H,27,30,33). The van der Waals surface area contributed by atoms with Crippen molar-refractivity contribution in [3.8, 4) is 6.01 Å². The highest BCUT2D eigenvalue weighted by atomic mass is 35.5. The Balaban J connectivity index is 1.26. The maximum Gasteiger partial charge on any atom is 0.419 e. The van der Waals surface area contributed by atoms with Gasteiger partial charge in [-0.2, -0.15) is 4.98 Å². The summed E-state index contributed by atoms with van der Waals surface area (Å²) in [6.45, 7) is 0.678. The molecule has 13 heteroatoms. The molecule has 2 N–H and O–H groups in total. The number of ether oxygens (including phenoxy) is 1. The molecule has 0 bridgehead atoms. The Hall–Kier alpha value is -4.16. The zero-order valence-electron chi connectivity index (χ0n) is 20.0. The number of para-hydroxylation sites is 2. The molecule has 3 heterocycles. The van der Waals surface area contributed by atoms with E-state index in [4.69, 9.17) is 16.3 Å². The molecule has 196 valence electrons. The third-order valence-electron chi connectivity index (χ3n) is 5.92. The number of nitrogens with zero attached hydrogens (tertiary/aromatic N) is 4. The van der Waals surface area contributed by atoms with Crippen LogP contribution in [0.1, 0.15) is 0 Å². The third-order valence-corrected chi connectivity index (χ3v) is 7.76. The van der Waals surface area contributed by atoms with Crippen molar-refractivity contribution < 1.29 is 22.7 Å². The van der Waals surface area contributed by atoms with Crippen LogP contribution in [-0.2, 0) is 21.2 Å². The third kappa shape index (κ3) is 6.03. The molecule has 0 saturated carbocycles. The smallest absolute Gasteiger partial charge is 0.375 e. The molecule has 38 heavy (non-hydrogen) atoms. The zero-order chi connectivity index (χ0) is 26.7. The molecule has 2 amide bonds. The molecular formula is C25H23ClN6O5S. The van der Waals surface area contributed by atoms with Gasteiger partial charge in [0.25, 0.3) is 0 Å². The molecule has 0 atom stereocenters. The Morgan fingerprint density at radius 1 is 0.974 bits per heavy atom. The van der Waals surface area contributed by atoms with E-state index in [0.29, 0.717) is 40.7 Å². The second kappa shape index (κ2) is 10.7. The monoisotopic (exact) mass is 554 g/mol. The molecule has 0 spiro atoms. The molecular weight excluding hydrogens is 532 g/mol. The van der Waals surface area contributed by atoms with Crippen LogP contribution in [0.15, 0.2) is 66.9 Å². The van der Waals surface area contributed by atoms with E-state index in [9.17, 15) is 18.0 Å². The summed E-state index contributed by atoms with van der Waals surface area (Å²) in [5.74, 6) is 0.177. The van der Waals surface area contributed by atoms with Gasteiger partial charge in [0.1, 0.15) is 12.4 Å². The van der Waals surface area contributed by atoms with Crippen LogP contribution >= 0.6 is 11.6 Å². The Morgan fingerprint density at radius 2 is 1.71 bits per heavy atom. The first kappa shape index (κ1) is 25.5. The van der Waals surface area contributed by atoms with Crippen LogP contribution in [0.5, 0.6) is 6.01 Å². The highest BCUT2D eigenvalue weighted by Gasteiger charge is 2.22. The van der Waals surface area contributed by atoms with Crippen molar-refractivity contribution in [2.45, 2.75) is 6.54 Å². The predicted molar refractivity (Wildman–Crippen MR) is 145 cm³/mol. The lowest BCUT2D eigenvalue weighted by Gasteiger charge is -2.28. The Labute approximate surface area is 223 Å². The van der Waals surface area contributed by atoms with Crippen molar-refractivity contribution >= 4 is 61.7 Å². The fourth-order valence-electron chi connectivity index (χ4n) is 4.01. The van der Waals surface area contributed by atoms with Crippen molar-refractivity contribution in [2.75, 3.05) is 40.1 Å². The van der Waals surface area contributed by atoms with Gasteiger partial charge in [0.15, 0.2) is 9.84 Å². The van der Waals surface area contributed by atoms with E-state index in [-0.39, 0.29) is 24.1 Å². The predicted octanol–water partition coefficient (Wildman–Crippen LogP) is 3.57. The summed E-state index contributed by atoms with van der Waals surface area (Å²) in [6.07, 6.45) is 0.643. The number of rotatable bonds is 6. The highest BCUT2D eigenvalue weighted by molar-refractivity contribution is 7.91. The number of halogens is 1. The van der Waals surface area contributed by atoms with E-state index < -0.39 is 21.8 Å². The van der Waals surface area contributed by atoms with Crippen molar-refractivity contribution in [1.29, 1.82) is 0 Å². The van der Waals surface area contributed by atoms with Gasteiger partial charge in [-0.25, -0.2) is 18.2 Å². The minimum absolute atomic E-state index is 0.0472. The second-order valence-electron chi connectivity index (χ2n) is 8.58. The number of sulfone groups is 1. The second-order valence-corrected chi connectivity index (χ2v) is 11.3. The van der Waals surface area contributed by atoms with Crippen molar-refractivity contribution in [1.82, 2.24) is 14.5 Å². The first-order chi connectivity index (χ1) is 18.3. The molecule has 0 aliphatic carbocycles. The van der Waals surface area contributed by atoms with Gasteiger partial charge >= 0.3 is 12.1 Å². The molecule has 0 radical (unpaired) electrons. The van der Waals surface area contributed by atoms with Crippen LogP contribution in [0, 0.1) is 0 Å². The number of pyridine rings is 1. The van der Waals surface area contributed by atoms with Crippen LogP contribution in [0.2, 0.25) is 5.02 Å². The molecule has 4 aromatic rings. The molecule has 1 fully saturated rings. The van der Waals surface area contributed by atoms with Gasteiger partial charge in [-0.15, -0.1) is 0 Å². The van der Waals surface area contributed by atoms with E-state index in [1.807, 2.05) is 4.90 Å². The molecule has 1 aliphatic rings. The lowest BCUT2D eigenvalue weighted by atomic mass is 10.2. The van der Waals surface area contributed by atoms with Crippen molar-refractivity contribution in [2.24, 2.45) is 0 Å². The van der Waals surface area contributed by atoms with Crippen LogP contribution in [0.4, 0.5) is 22.0 Å². The maximum absolute atomic E-state index is 12.7. The average Bonchev–Trinajstić information content (AvgIpc) is 3.22. The summed E-state index contributed by atoms with van der Waals surface area (Å²) < 4.78 is 30.3. The summed E-state index contributed by atoms with van der Waals surface area (Å²) in [6, 6.07) is 17.3. The molecule has 11 nitrogen and oxygen atoms in total. The molecule has 2 aromatic carbocycles. The normalized spacial score (nSPS) is 14.7. The summed E-state index contributed by atoms with van der Waals surface area (Å²) >= 11 is 5.84. The summed E-state index contributed by atoms with van der Waals surface area (Å²) in [7, 11) is -2.97. The summed E-state index contributed by atoms with van der Waals surface area (Å²) in [5, 5.41) is 5.78. The fourth-order valence-corrected chi connectivity index (χ4v) is 5.33. The number of amides is 2. The number of benzene rings is 2. The highest BCUT2D eigenvalue weighted by Crippen LogP contribution is 2.23. The number of anilines is 3. The summed E-state index contributed by atoms with van der Waals surface area (Å²) in [5.41, 5.74) is 2.52. The lowest BCUT2D eigenvalue weighted by Crippen LogP contribution is -2.40. The molecule has 1 aliphatic heterocycles. The van der Waals surface area contributed by atoms with Gasteiger partial charge in [-0.3, -0.25) is 14.7 Å². The quantitative estimate of drug-likeness (QED) is 0.369. The van der Waals surface area contributed by atoms with E-state index in [0.717, 1.165) is 5.69 Å². The number of hydrogen-bond donors (Lipinski definition) is 2. The van der Waals surface area contributed by atoms with Crippen molar-refractivity contribution in [3.05, 3.63) is 71.9 Å². The zero-order valence-corrected chi connectivity index (χ0v) is 21.6. The fraction of sp³-hybridized carbons (Fsp3) is 0.200. The Kier molecular flexibility index (Phi) is 7.16. The first-order valence-electron chi connectivity index (χ1n) is 11.7. The molecule has 2 aromatic heterocycles. The Bertz CT molecular complexity index is 1580. The minimum atomic E-state index is -2.97. The summed E-state index contributed by atoms with van der Waals surface area (Å²) in [4.78, 5) is 35.8. The van der Waals surface area contributed by atoms with E-state index in [1.165, 1.54) is 10.8 Å². The number of imidazole rings is 1. The SMILES string of the molecule is O=C(Cn1c(OC(=O)Nc2ccc(N3CCS(=O)(=O)CC3)cc2)nc2ccccc21)Nc1ccc(Cl)cn1. The van der Waals surface area contributed by atoms with Gasteiger partial charge in [-0.05, 0) is 48.5 Å². The number of carbonyl (C=O) groups is 2. The Morgan fingerprint density at radius 3 is 2.42 bits per heavy atom. The topological polar surface area (TPSA) is 136 Å². The molecule has 1 saturated heterocycles. The maximum atomic E-state index is 12.7. The number of nitrogens with one attached hydrogen (secondary N) is 2. The minimum Gasteiger partial charge on any atom is -0.375 e. The van der Waals surface area contributed by atoms with E-state index in [1.54, 1.807) is 60.7 Å².